The van der Waals surface area contributed by atoms with E-state index in [0.717, 1.165) is 12.2 Å². The number of halogens is 1. The molecule has 8 heteroatoms. The van der Waals surface area contributed by atoms with Gasteiger partial charge in [0.2, 0.25) is 11.8 Å². The molecule has 1 aromatic carbocycles. The summed E-state index contributed by atoms with van der Waals surface area (Å²) in [7, 11) is 0. The molecule has 0 radical (unpaired) electrons. The van der Waals surface area contributed by atoms with Crippen molar-refractivity contribution in [1.82, 2.24) is 19.8 Å². The standard InChI is InChI=1S/C19H24FN5O2/c1-2-17-22-9-11-24(17)10-7-18(26)25-12-8-21-13-16(25)19(27)23-15-5-3-14(20)4-6-15/h3-6,9,11,16,21H,2,7-8,10,12-13H2,1H3,(H,23,27)/t16-/m0/s1. The highest BCUT2D eigenvalue weighted by Gasteiger charge is 2.31. The summed E-state index contributed by atoms with van der Waals surface area (Å²) in [5.74, 6) is 0.231. The van der Waals surface area contributed by atoms with Crippen LogP contribution < -0.4 is 10.6 Å². The van der Waals surface area contributed by atoms with E-state index in [1.54, 1.807) is 11.1 Å². The van der Waals surface area contributed by atoms with E-state index >= 15 is 0 Å². The zero-order chi connectivity index (χ0) is 19.2. The van der Waals surface area contributed by atoms with Gasteiger partial charge in [0.25, 0.3) is 0 Å². The number of anilines is 1. The zero-order valence-corrected chi connectivity index (χ0v) is 15.3. The van der Waals surface area contributed by atoms with Crippen molar-refractivity contribution in [2.75, 3.05) is 25.0 Å². The van der Waals surface area contributed by atoms with Crippen LogP contribution in [0.1, 0.15) is 19.2 Å². The normalized spacial score (nSPS) is 17.0. The highest BCUT2D eigenvalue weighted by Crippen LogP contribution is 2.13. The van der Waals surface area contributed by atoms with E-state index in [9.17, 15) is 14.0 Å². The molecular formula is C19H24FN5O2. The van der Waals surface area contributed by atoms with Crippen LogP contribution in [0.4, 0.5) is 10.1 Å². The number of carbonyl (C=O) groups excluding carboxylic acids is 2. The van der Waals surface area contributed by atoms with Crippen molar-refractivity contribution in [3.05, 3.63) is 48.3 Å². The molecule has 1 fully saturated rings. The second kappa shape index (κ2) is 8.77. The molecule has 27 heavy (non-hydrogen) atoms. The quantitative estimate of drug-likeness (QED) is 0.803. The largest absolute Gasteiger partial charge is 0.334 e. The molecule has 1 aliphatic rings. The first-order chi connectivity index (χ1) is 13.1. The van der Waals surface area contributed by atoms with Crippen LogP contribution in [0.25, 0.3) is 0 Å². The summed E-state index contributed by atoms with van der Waals surface area (Å²) in [4.78, 5) is 31.3. The number of hydrogen-bond acceptors (Lipinski definition) is 4. The third-order valence-corrected chi connectivity index (χ3v) is 4.66. The van der Waals surface area contributed by atoms with Gasteiger partial charge in [0.1, 0.15) is 17.7 Å². The predicted octanol–water partition coefficient (Wildman–Crippen LogP) is 1.41. The van der Waals surface area contributed by atoms with Crippen LogP contribution in [-0.2, 0) is 22.6 Å². The van der Waals surface area contributed by atoms with Crippen molar-refractivity contribution in [2.24, 2.45) is 0 Å². The van der Waals surface area contributed by atoms with Gasteiger partial charge in [-0.3, -0.25) is 9.59 Å². The fourth-order valence-electron chi connectivity index (χ4n) is 3.21. The lowest BCUT2D eigenvalue weighted by Gasteiger charge is -2.35. The fourth-order valence-corrected chi connectivity index (χ4v) is 3.21. The lowest BCUT2D eigenvalue weighted by atomic mass is 10.1. The Morgan fingerprint density at radius 2 is 2.11 bits per heavy atom. The maximum Gasteiger partial charge on any atom is 0.248 e. The molecule has 0 spiro atoms. The third kappa shape index (κ3) is 4.71. The van der Waals surface area contributed by atoms with Gasteiger partial charge in [-0.1, -0.05) is 6.92 Å². The summed E-state index contributed by atoms with van der Waals surface area (Å²) in [6.45, 7) is 4.08. The Morgan fingerprint density at radius 3 is 2.85 bits per heavy atom. The second-order valence-corrected chi connectivity index (χ2v) is 6.44. The van der Waals surface area contributed by atoms with E-state index in [1.807, 2.05) is 17.7 Å². The van der Waals surface area contributed by atoms with E-state index < -0.39 is 6.04 Å². The number of carbonyl (C=O) groups is 2. The van der Waals surface area contributed by atoms with Crippen molar-refractivity contribution in [3.8, 4) is 0 Å². The Kier molecular flexibility index (Phi) is 6.18. The van der Waals surface area contributed by atoms with Crippen LogP contribution in [-0.4, -0.2) is 51.9 Å². The number of piperazine rings is 1. The third-order valence-electron chi connectivity index (χ3n) is 4.66. The van der Waals surface area contributed by atoms with Gasteiger partial charge in [0.05, 0.1) is 0 Å². The molecular weight excluding hydrogens is 349 g/mol. The second-order valence-electron chi connectivity index (χ2n) is 6.44. The van der Waals surface area contributed by atoms with Crippen LogP contribution in [0.3, 0.4) is 0 Å². The van der Waals surface area contributed by atoms with Crippen LogP contribution in [0.15, 0.2) is 36.7 Å². The molecule has 1 atom stereocenters. The van der Waals surface area contributed by atoms with Crippen molar-refractivity contribution >= 4 is 17.5 Å². The number of imidazole rings is 1. The minimum Gasteiger partial charge on any atom is -0.334 e. The van der Waals surface area contributed by atoms with Crippen LogP contribution in [0, 0.1) is 5.82 Å². The summed E-state index contributed by atoms with van der Waals surface area (Å²) in [5.41, 5.74) is 0.505. The van der Waals surface area contributed by atoms with Crippen LogP contribution in [0.2, 0.25) is 0 Å². The van der Waals surface area contributed by atoms with Crippen LogP contribution in [0.5, 0.6) is 0 Å². The number of benzene rings is 1. The number of rotatable bonds is 6. The first-order valence-corrected chi connectivity index (χ1v) is 9.15. The molecule has 2 heterocycles. The number of nitrogens with zero attached hydrogens (tertiary/aromatic N) is 3. The summed E-state index contributed by atoms with van der Waals surface area (Å²) in [6.07, 6.45) is 4.71. The van der Waals surface area contributed by atoms with Crippen molar-refractivity contribution in [1.29, 1.82) is 0 Å². The van der Waals surface area contributed by atoms with Crippen LogP contribution >= 0.6 is 0 Å². The van der Waals surface area contributed by atoms with E-state index in [0.29, 0.717) is 38.3 Å². The summed E-state index contributed by atoms with van der Waals surface area (Å²) in [6, 6.07) is 4.98. The van der Waals surface area contributed by atoms with Gasteiger partial charge in [-0.25, -0.2) is 9.37 Å². The minimum atomic E-state index is -0.593. The van der Waals surface area contributed by atoms with Gasteiger partial charge in [-0.05, 0) is 24.3 Å². The Labute approximate surface area is 157 Å². The topological polar surface area (TPSA) is 79.3 Å². The summed E-state index contributed by atoms with van der Waals surface area (Å²) >= 11 is 0. The number of aromatic nitrogens is 2. The van der Waals surface area contributed by atoms with E-state index in [-0.39, 0.29) is 17.6 Å². The molecule has 0 saturated carbocycles. The minimum absolute atomic E-state index is 0.0634. The van der Waals surface area contributed by atoms with Crippen molar-refractivity contribution < 1.29 is 14.0 Å². The van der Waals surface area contributed by atoms with E-state index in [2.05, 4.69) is 15.6 Å². The monoisotopic (exact) mass is 373 g/mol. The van der Waals surface area contributed by atoms with Crippen molar-refractivity contribution in [3.63, 3.8) is 0 Å². The van der Waals surface area contributed by atoms with Gasteiger partial charge in [0.15, 0.2) is 0 Å². The molecule has 0 aliphatic carbocycles. The number of aryl methyl sites for hydroxylation is 2. The SMILES string of the molecule is CCc1nccn1CCC(=O)N1CCNC[C@H]1C(=O)Nc1ccc(F)cc1. The fraction of sp³-hybridized carbons (Fsp3) is 0.421. The average Bonchev–Trinajstić information content (AvgIpc) is 3.15. The Balaban J connectivity index is 1.62. The number of amides is 2. The molecule has 7 nitrogen and oxygen atoms in total. The first-order valence-electron chi connectivity index (χ1n) is 9.15. The first kappa shape index (κ1) is 19.0. The Bertz CT molecular complexity index is 790. The van der Waals surface area contributed by atoms with E-state index in [1.165, 1.54) is 24.3 Å². The van der Waals surface area contributed by atoms with Gasteiger partial charge >= 0.3 is 0 Å². The predicted molar refractivity (Wildman–Crippen MR) is 99.6 cm³/mol. The zero-order valence-electron chi connectivity index (χ0n) is 15.3. The molecule has 144 valence electrons. The highest BCUT2D eigenvalue weighted by atomic mass is 19.1. The lowest BCUT2D eigenvalue weighted by Crippen LogP contribution is -2.58. The Morgan fingerprint density at radius 1 is 1.33 bits per heavy atom. The molecule has 3 rings (SSSR count). The molecule has 2 aromatic rings. The van der Waals surface area contributed by atoms with Gasteiger partial charge in [0, 0.05) is 57.1 Å². The maximum atomic E-state index is 13.0. The summed E-state index contributed by atoms with van der Waals surface area (Å²) in [5, 5.41) is 5.91. The molecule has 0 bridgehead atoms. The number of nitrogens with one attached hydrogen (secondary N) is 2. The molecule has 1 aromatic heterocycles. The van der Waals surface area contributed by atoms with Gasteiger partial charge in [-0.2, -0.15) is 0 Å². The molecule has 0 unspecified atom stereocenters. The van der Waals surface area contributed by atoms with Gasteiger partial charge in [-0.15, -0.1) is 0 Å². The smallest absolute Gasteiger partial charge is 0.248 e. The molecule has 1 saturated heterocycles. The highest BCUT2D eigenvalue weighted by molar-refractivity contribution is 5.97. The molecule has 2 N–H and O–H groups in total. The van der Waals surface area contributed by atoms with E-state index in [4.69, 9.17) is 0 Å². The Hall–Kier alpha value is -2.74. The average molecular weight is 373 g/mol. The molecule has 1 aliphatic heterocycles. The van der Waals surface area contributed by atoms with Gasteiger partial charge < -0.3 is 20.1 Å². The maximum absolute atomic E-state index is 13.0. The summed E-state index contributed by atoms with van der Waals surface area (Å²) < 4.78 is 15.0. The lowest BCUT2D eigenvalue weighted by molar-refractivity contribution is -0.139. The molecule has 2 amide bonds. The number of hydrogen-bond donors (Lipinski definition) is 2. The van der Waals surface area contributed by atoms with Crippen molar-refractivity contribution in [2.45, 2.75) is 32.4 Å².